The van der Waals surface area contributed by atoms with Gasteiger partial charge in [-0.2, -0.15) is 0 Å². The summed E-state index contributed by atoms with van der Waals surface area (Å²) >= 11 is 14.8. The van der Waals surface area contributed by atoms with E-state index in [1.165, 1.54) is 41.3 Å². The Bertz CT molecular complexity index is 1170. The number of amides is 1. The third kappa shape index (κ3) is 6.58. The van der Waals surface area contributed by atoms with Gasteiger partial charge in [0.25, 0.3) is 0 Å². The fourth-order valence-corrected chi connectivity index (χ4v) is 6.37. The van der Waals surface area contributed by atoms with Gasteiger partial charge in [-0.3, -0.25) is 14.4 Å². The molecular weight excluding hydrogens is 511 g/mol. The van der Waals surface area contributed by atoms with Crippen molar-refractivity contribution in [1.82, 2.24) is 10.2 Å². The number of anilines is 2. The first-order chi connectivity index (χ1) is 15.2. The van der Waals surface area contributed by atoms with Crippen molar-refractivity contribution in [3.8, 4) is 0 Å². The summed E-state index contributed by atoms with van der Waals surface area (Å²) < 4.78 is 26.8. The van der Waals surface area contributed by atoms with Gasteiger partial charge in [0.1, 0.15) is 6.04 Å². The second kappa shape index (κ2) is 10.8. The molecule has 0 radical (unpaired) electrons. The molecule has 1 amide bonds. The average molecular weight is 532 g/mol. The summed E-state index contributed by atoms with van der Waals surface area (Å²) in [6, 6.07) is 13.3. The van der Waals surface area contributed by atoms with Crippen LogP contribution >= 0.6 is 46.3 Å². The van der Waals surface area contributed by atoms with Gasteiger partial charge >= 0.3 is 0 Å². The zero-order valence-corrected chi connectivity index (χ0v) is 21.1. The van der Waals surface area contributed by atoms with Crippen molar-refractivity contribution in [1.29, 1.82) is 0 Å². The summed E-state index contributed by atoms with van der Waals surface area (Å²) in [6.07, 6.45) is 1.25. The summed E-state index contributed by atoms with van der Waals surface area (Å²) in [7, 11) is -3.82. The van der Waals surface area contributed by atoms with Crippen molar-refractivity contribution >= 4 is 73.0 Å². The van der Waals surface area contributed by atoms with E-state index in [-0.39, 0.29) is 22.2 Å². The molecule has 0 aliphatic carbocycles. The number of benzene rings is 2. The Kier molecular flexibility index (Phi) is 8.40. The molecule has 170 valence electrons. The minimum atomic E-state index is -3.82. The standard InChI is InChI=1S/C20H20Cl2N4O3S3/c1-3-17(26(32(2,28)29)16-10-14(21)9-15(22)11-16)18(27)23-19-24-25-20(31-19)30-12-13-7-5-4-6-8-13/h4-11,17H,3,12H2,1-2H3,(H,23,24,27)/t17-/m0/s1. The predicted octanol–water partition coefficient (Wildman–Crippen LogP) is 5.32. The molecule has 1 heterocycles. The highest BCUT2D eigenvalue weighted by molar-refractivity contribution is 8.00. The van der Waals surface area contributed by atoms with E-state index in [0.717, 1.165) is 21.9 Å². The lowest BCUT2D eigenvalue weighted by atomic mass is 10.2. The summed E-state index contributed by atoms with van der Waals surface area (Å²) in [6.45, 7) is 1.72. The van der Waals surface area contributed by atoms with Crippen molar-refractivity contribution in [3.63, 3.8) is 0 Å². The summed E-state index contributed by atoms with van der Waals surface area (Å²) in [4.78, 5) is 13.0. The number of thioether (sulfide) groups is 1. The van der Waals surface area contributed by atoms with E-state index in [9.17, 15) is 13.2 Å². The number of halogens is 2. The molecule has 0 aliphatic heterocycles. The van der Waals surface area contributed by atoms with Gasteiger partial charge < -0.3 is 0 Å². The van der Waals surface area contributed by atoms with Crippen molar-refractivity contribution in [2.24, 2.45) is 0 Å². The van der Waals surface area contributed by atoms with Crippen molar-refractivity contribution < 1.29 is 13.2 Å². The van der Waals surface area contributed by atoms with Crippen molar-refractivity contribution in [2.75, 3.05) is 15.9 Å². The third-order valence-corrected chi connectivity index (χ3v) is 7.93. The van der Waals surface area contributed by atoms with Crippen LogP contribution in [0.3, 0.4) is 0 Å². The molecule has 0 unspecified atom stereocenters. The first-order valence-electron chi connectivity index (χ1n) is 9.44. The van der Waals surface area contributed by atoms with Crippen LogP contribution in [0.15, 0.2) is 52.9 Å². The maximum Gasteiger partial charge on any atom is 0.250 e. The first-order valence-corrected chi connectivity index (χ1v) is 13.8. The second-order valence-electron chi connectivity index (χ2n) is 6.75. The highest BCUT2D eigenvalue weighted by Gasteiger charge is 2.32. The fourth-order valence-electron chi connectivity index (χ4n) is 2.95. The van der Waals surface area contributed by atoms with Crippen LogP contribution in [-0.2, 0) is 20.6 Å². The van der Waals surface area contributed by atoms with E-state index in [0.29, 0.717) is 9.47 Å². The van der Waals surface area contributed by atoms with Crippen LogP contribution in [-0.4, -0.2) is 36.8 Å². The molecule has 12 heteroatoms. The molecule has 3 rings (SSSR count). The number of nitrogens with one attached hydrogen (secondary N) is 1. The Morgan fingerprint density at radius 3 is 2.41 bits per heavy atom. The lowest BCUT2D eigenvalue weighted by molar-refractivity contribution is -0.117. The smallest absolute Gasteiger partial charge is 0.250 e. The quantitative estimate of drug-likeness (QED) is 0.297. The molecule has 32 heavy (non-hydrogen) atoms. The van der Waals surface area contributed by atoms with Gasteiger partial charge in [0.15, 0.2) is 4.34 Å². The number of rotatable bonds is 9. The molecule has 0 fully saturated rings. The zero-order valence-electron chi connectivity index (χ0n) is 17.2. The second-order valence-corrected chi connectivity index (χ2v) is 11.7. The zero-order chi connectivity index (χ0) is 23.3. The minimum absolute atomic E-state index is 0.211. The van der Waals surface area contributed by atoms with Crippen LogP contribution < -0.4 is 9.62 Å². The highest BCUT2D eigenvalue weighted by Crippen LogP contribution is 2.31. The fraction of sp³-hybridized carbons (Fsp3) is 0.250. The topological polar surface area (TPSA) is 92.3 Å². The largest absolute Gasteiger partial charge is 0.299 e. The van der Waals surface area contributed by atoms with E-state index in [2.05, 4.69) is 15.5 Å². The van der Waals surface area contributed by atoms with Gasteiger partial charge in [0.2, 0.25) is 21.1 Å². The average Bonchev–Trinajstić information content (AvgIpc) is 3.16. The first kappa shape index (κ1) is 24.8. The van der Waals surface area contributed by atoms with Gasteiger partial charge in [-0.05, 0) is 30.2 Å². The minimum Gasteiger partial charge on any atom is -0.299 e. The third-order valence-electron chi connectivity index (χ3n) is 4.27. The molecule has 2 aromatic carbocycles. The summed E-state index contributed by atoms with van der Waals surface area (Å²) in [5.41, 5.74) is 1.36. The van der Waals surface area contributed by atoms with Crippen LogP contribution in [0.4, 0.5) is 10.8 Å². The number of hydrogen-bond donors (Lipinski definition) is 1. The predicted molar refractivity (Wildman–Crippen MR) is 132 cm³/mol. The maximum atomic E-state index is 13.0. The number of aromatic nitrogens is 2. The van der Waals surface area contributed by atoms with Crippen LogP contribution in [0, 0.1) is 0 Å². The van der Waals surface area contributed by atoms with Gasteiger partial charge in [-0.15, -0.1) is 10.2 Å². The van der Waals surface area contributed by atoms with Crippen LogP contribution in [0.2, 0.25) is 10.0 Å². The molecule has 0 saturated carbocycles. The van der Waals surface area contributed by atoms with Crippen LogP contribution in [0.5, 0.6) is 0 Å². The monoisotopic (exact) mass is 530 g/mol. The lowest BCUT2D eigenvalue weighted by Gasteiger charge is -2.30. The Morgan fingerprint density at radius 1 is 1.16 bits per heavy atom. The van der Waals surface area contributed by atoms with Crippen molar-refractivity contribution in [2.45, 2.75) is 29.5 Å². The number of hydrogen-bond acceptors (Lipinski definition) is 7. The molecule has 7 nitrogen and oxygen atoms in total. The van der Waals surface area contributed by atoms with Gasteiger partial charge in [-0.25, -0.2) is 8.42 Å². The lowest BCUT2D eigenvalue weighted by Crippen LogP contribution is -2.47. The Balaban J connectivity index is 1.76. The number of sulfonamides is 1. The van der Waals surface area contributed by atoms with E-state index in [1.54, 1.807) is 6.92 Å². The molecule has 1 aromatic heterocycles. The maximum absolute atomic E-state index is 13.0. The Labute approximate surface area is 205 Å². The molecular formula is C20H20Cl2N4O3S3. The SMILES string of the molecule is CC[C@@H](C(=O)Nc1nnc(SCc2ccccc2)s1)N(c1cc(Cl)cc(Cl)c1)S(C)(=O)=O. The van der Waals surface area contributed by atoms with E-state index in [1.807, 2.05) is 30.3 Å². The summed E-state index contributed by atoms with van der Waals surface area (Å²) in [5, 5.41) is 11.6. The summed E-state index contributed by atoms with van der Waals surface area (Å²) in [5.74, 6) is 0.197. The number of carbonyl (C=O) groups excluding carboxylic acids is 1. The van der Waals surface area contributed by atoms with E-state index < -0.39 is 22.0 Å². The molecule has 0 aliphatic rings. The number of carbonyl (C=O) groups is 1. The molecule has 0 saturated heterocycles. The van der Waals surface area contributed by atoms with Gasteiger partial charge in [0, 0.05) is 15.8 Å². The highest BCUT2D eigenvalue weighted by atomic mass is 35.5. The molecule has 1 N–H and O–H groups in total. The van der Waals surface area contributed by atoms with Crippen molar-refractivity contribution in [3.05, 3.63) is 64.1 Å². The molecule has 0 spiro atoms. The normalized spacial score (nSPS) is 12.4. The van der Waals surface area contributed by atoms with E-state index in [4.69, 9.17) is 23.2 Å². The number of nitrogens with zero attached hydrogens (tertiary/aromatic N) is 3. The Morgan fingerprint density at radius 2 is 1.81 bits per heavy atom. The van der Waals surface area contributed by atoms with E-state index >= 15 is 0 Å². The van der Waals surface area contributed by atoms with Crippen LogP contribution in [0.1, 0.15) is 18.9 Å². The molecule has 0 bridgehead atoms. The Hall–Kier alpha value is -1.85. The van der Waals surface area contributed by atoms with Gasteiger partial charge in [-0.1, -0.05) is 83.6 Å². The molecule has 1 atom stereocenters. The van der Waals surface area contributed by atoms with Gasteiger partial charge in [0.05, 0.1) is 11.9 Å². The van der Waals surface area contributed by atoms with Crippen LogP contribution in [0.25, 0.3) is 0 Å². The molecule has 3 aromatic rings.